The molecule has 12 heteroatoms. The number of halogens is 1. The topological polar surface area (TPSA) is 119 Å². The standard InChI is InChI=1S/C25H29ClN8O2S/c1-14(2)23-17-8-22(30-21-6-7-27-25(31-21)19-12-33(4)32-24(19)26)28-9-18(17)20(10-29-23)34-11-16(15(34)3)13-37(5,35)36/h6-10,12,14-16H,11,13H2,1-5H3,(H,27,28,30,31)/t15-,16-/m1/s1. The molecule has 1 fully saturated rings. The van der Waals surface area contributed by atoms with Crippen molar-refractivity contribution in [2.45, 2.75) is 32.7 Å². The zero-order valence-corrected chi connectivity index (χ0v) is 22.9. The summed E-state index contributed by atoms with van der Waals surface area (Å²) in [5, 5.41) is 9.74. The van der Waals surface area contributed by atoms with Crippen LogP contribution < -0.4 is 10.2 Å². The minimum Gasteiger partial charge on any atom is -0.366 e. The molecular formula is C25H29ClN8O2S. The number of hydrogen-bond acceptors (Lipinski definition) is 9. The maximum Gasteiger partial charge on any atom is 0.166 e. The van der Waals surface area contributed by atoms with Crippen molar-refractivity contribution in [2.75, 3.05) is 28.8 Å². The number of pyridine rings is 2. The monoisotopic (exact) mass is 540 g/mol. The number of anilines is 3. The summed E-state index contributed by atoms with van der Waals surface area (Å²) in [5.41, 5.74) is 2.58. The Morgan fingerprint density at radius 3 is 2.59 bits per heavy atom. The number of aryl methyl sites for hydroxylation is 1. The first-order valence-corrected chi connectivity index (χ1v) is 14.5. The van der Waals surface area contributed by atoms with Crippen molar-refractivity contribution in [3.05, 3.63) is 47.8 Å². The highest BCUT2D eigenvalue weighted by molar-refractivity contribution is 7.90. The highest BCUT2D eigenvalue weighted by atomic mass is 35.5. The van der Waals surface area contributed by atoms with E-state index < -0.39 is 9.84 Å². The van der Waals surface area contributed by atoms with Crippen molar-refractivity contribution in [1.82, 2.24) is 29.7 Å². The van der Waals surface area contributed by atoms with Crippen LogP contribution in [0.1, 0.15) is 32.4 Å². The average Bonchev–Trinajstić information content (AvgIpc) is 3.18. The molecule has 0 unspecified atom stereocenters. The number of nitrogens with one attached hydrogen (secondary N) is 1. The van der Waals surface area contributed by atoms with Crippen LogP contribution in [-0.2, 0) is 16.9 Å². The lowest BCUT2D eigenvalue weighted by Gasteiger charge is -2.48. The maximum absolute atomic E-state index is 11.8. The molecule has 10 nitrogen and oxygen atoms in total. The second-order valence-corrected chi connectivity index (χ2v) is 12.5. The minimum atomic E-state index is -3.03. The summed E-state index contributed by atoms with van der Waals surface area (Å²) in [6, 6.07) is 3.85. The summed E-state index contributed by atoms with van der Waals surface area (Å²) >= 11 is 6.23. The summed E-state index contributed by atoms with van der Waals surface area (Å²) < 4.78 is 25.2. The lowest BCUT2D eigenvalue weighted by atomic mass is 9.90. The van der Waals surface area contributed by atoms with Gasteiger partial charge in [-0.1, -0.05) is 25.4 Å². The van der Waals surface area contributed by atoms with Gasteiger partial charge < -0.3 is 10.2 Å². The van der Waals surface area contributed by atoms with Crippen molar-refractivity contribution < 1.29 is 8.42 Å². The second kappa shape index (κ2) is 9.53. The van der Waals surface area contributed by atoms with Crippen LogP contribution in [0.15, 0.2) is 36.9 Å². The number of fused-ring (bicyclic) bond motifs is 1. The highest BCUT2D eigenvalue weighted by Crippen LogP contribution is 2.38. The quantitative estimate of drug-likeness (QED) is 0.367. The SMILES string of the molecule is CC(C)c1ncc(N2C[C@H](CS(C)(=O)=O)[C@H]2C)c2cnc(Nc3ccnc(-c4cn(C)nc4Cl)n3)cc12. The Morgan fingerprint density at radius 1 is 1.16 bits per heavy atom. The van der Waals surface area contributed by atoms with Crippen LogP contribution >= 0.6 is 11.6 Å². The van der Waals surface area contributed by atoms with E-state index in [0.717, 1.165) is 22.2 Å². The Morgan fingerprint density at radius 2 is 1.95 bits per heavy atom. The summed E-state index contributed by atoms with van der Waals surface area (Å²) in [7, 11) is -1.24. The van der Waals surface area contributed by atoms with Gasteiger partial charge in [0.1, 0.15) is 21.5 Å². The van der Waals surface area contributed by atoms with Crippen LogP contribution in [0.3, 0.4) is 0 Å². The van der Waals surface area contributed by atoms with Crippen molar-refractivity contribution in [1.29, 1.82) is 0 Å². The molecule has 4 aromatic rings. The molecule has 194 valence electrons. The molecule has 1 aliphatic rings. The lowest BCUT2D eigenvalue weighted by molar-refractivity contribution is 0.341. The molecule has 4 aromatic heterocycles. The van der Waals surface area contributed by atoms with Gasteiger partial charge in [0.2, 0.25) is 0 Å². The van der Waals surface area contributed by atoms with Gasteiger partial charge in [-0.25, -0.2) is 23.4 Å². The van der Waals surface area contributed by atoms with Gasteiger partial charge in [0.05, 0.1) is 28.9 Å². The van der Waals surface area contributed by atoms with Gasteiger partial charge >= 0.3 is 0 Å². The molecule has 1 aliphatic heterocycles. The summed E-state index contributed by atoms with van der Waals surface area (Å²) in [5.74, 6) is 2.17. The van der Waals surface area contributed by atoms with Gasteiger partial charge in [0.25, 0.3) is 0 Å². The van der Waals surface area contributed by atoms with E-state index >= 15 is 0 Å². The molecule has 0 radical (unpaired) electrons. The van der Waals surface area contributed by atoms with Crippen molar-refractivity contribution in [2.24, 2.45) is 13.0 Å². The number of aromatic nitrogens is 6. The molecule has 2 atom stereocenters. The Labute approximate surface area is 221 Å². The van der Waals surface area contributed by atoms with E-state index in [1.807, 2.05) is 18.5 Å². The number of sulfone groups is 1. The molecule has 5 heterocycles. The first-order valence-electron chi connectivity index (χ1n) is 12.0. The average molecular weight is 541 g/mol. The lowest BCUT2D eigenvalue weighted by Crippen LogP contribution is -2.57. The molecule has 1 N–H and O–H groups in total. The Kier molecular flexibility index (Phi) is 6.53. The van der Waals surface area contributed by atoms with E-state index in [1.165, 1.54) is 6.26 Å². The van der Waals surface area contributed by atoms with E-state index in [9.17, 15) is 8.42 Å². The fourth-order valence-corrected chi connectivity index (χ4v) is 6.20. The predicted molar refractivity (Wildman–Crippen MR) is 146 cm³/mol. The molecule has 0 amide bonds. The van der Waals surface area contributed by atoms with Gasteiger partial charge in [0, 0.05) is 61.2 Å². The van der Waals surface area contributed by atoms with E-state index in [2.05, 4.69) is 51.0 Å². The van der Waals surface area contributed by atoms with Crippen molar-refractivity contribution in [3.63, 3.8) is 0 Å². The highest BCUT2D eigenvalue weighted by Gasteiger charge is 2.38. The van der Waals surface area contributed by atoms with E-state index in [0.29, 0.717) is 34.7 Å². The number of hydrogen-bond donors (Lipinski definition) is 1. The number of nitrogens with zero attached hydrogens (tertiary/aromatic N) is 7. The van der Waals surface area contributed by atoms with Crippen LogP contribution in [0.4, 0.5) is 17.3 Å². The zero-order valence-electron chi connectivity index (χ0n) is 21.3. The zero-order chi connectivity index (χ0) is 26.5. The summed E-state index contributed by atoms with van der Waals surface area (Å²) in [4.78, 5) is 20.6. The van der Waals surface area contributed by atoms with Crippen LogP contribution in [0.25, 0.3) is 22.2 Å². The molecule has 0 aromatic carbocycles. The van der Waals surface area contributed by atoms with Crippen molar-refractivity contribution >= 4 is 49.5 Å². The van der Waals surface area contributed by atoms with Crippen LogP contribution in [0, 0.1) is 5.92 Å². The van der Waals surface area contributed by atoms with E-state index in [4.69, 9.17) is 16.6 Å². The van der Waals surface area contributed by atoms with Gasteiger partial charge in [-0.15, -0.1) is 0 Å². The largest absolute Gasteiger partial charge is 0.366 e. The summed E-state index contributed by atoms with van der Waals surface area (Å²) in [6.07, 6.45) is 8.45. The molecule has 0 aliphatic carbocycles. The van der Waals surface area contributed by atoms with Crippen LogP contribution in [-0.4, -0.2) is 62.7 Å². The normalized spacial score (nSPS) is 17.9. The smallest absolute Gasteiger partial charge is 0.166 e. The third kappa shape index (κ3) is 5.10. The molecular weight excluding hydrogens is 512 g/mol. The Balaban J connectivity index is 1.47. The first kappa shape index (κ1) is 25.3. The molecule has 0 bridgehead atoms. The first-order chi connectivity index (χ1) is 17.5. The molecule has 1 saturated heterocycles. The van der Waals surface area contributed by atoms with Gasteiger partial charge in [-0.2, -0.15) is 5.10 Å². The molecule has 5 rings (SSSR count). The fourth-order valence-electron chi connectivity index (χ4n) is 4.79. The Bertz CT molecular complexity index is 1590. The molecule has 0 saturated carbocycles. The molecule has 0 spiro atoms. The second-order valence-electron chi connectivity index (χ2n) is 9.94. The van der Waals surface area contributed by atoms with Crippen LogP contribution in [0.5, 0.6) is 0 Å². The minimum absolute atomic E-state index is 0.0983. The third-order valence-corrected chi connectivity index (χ3v) is 8.01. The van der Waals surface area contributed by atoms with E-state index in [1.54, 1.807) is 30.2 Å². The Hall–Kier alpha value is -3.31. The van der Waals surface area contributed by atoms with E-state index in [-0.39, 0.29) is 23.6 Å². The summed E-state index contributed by atoms with van der Waals surface area (Å²) in [6.45, 7) is 6.95. The predicted octanol–water partition coefficient (Wildman–Crippen LogP) is 4.21. The third-order valence-electron chi connectivity index (χ3n) is 6.70. The van der Waals surface area contributed by atoms with Gasteiger partial charge in [-0.05, 0) is 25.0 Å². The fraction of sp³-hybridized carbons (Fsp3) is 0.400. The van der Waals surface area contributed by atoms with Crippen LogP contribution in [0.2, 0.25) is 5.15 Å². The number of rotatable bonds is 7. The molecule has 37 heavy (non-hydrogen) atoms. The maximum atomic E-state index is 11.8. The van der Waals surface area contributed by atoms with Gasteiger partial charge in [-0.3, -0.25) is 9.67 Å². The van der Waals surface area contributed by atoms with Crippen molar-refractivity contribution in [3.8, 4) is 11.4 Å². The van der Waals surface area contributed by atoms with Gasteiger partial charge in [0.15, 0.2) is 11.0 Å².